The molecule has 204 valence electrons. The van der Waals surface area contributed by atoms with Crippen LogP contribution in [0.1, 0.15) is 41.6 Å². The first-order chi connectivity index (χ1) is 19.4. The van der Waals surface area contributed by atoms with Crippen LogP contribution in [0, 0.1) is 6.92 Å². The van der Waals surface area contributed by atoms with Crippen molar-refractivity contribution in [3.8, 4) is 5.75 Å². The van der Waals surface area contributed by atoms with E-state index in [-0.39, 0.29) is 16.5 Å². The first kappa shape index (κ1) is 27.9. The molecule has 0 spiro atoms. The number of aryl methyl sites for hydroxylation is 1. The summed E-state index contributed by atoms with van der Waals surface area (Å²) in [6, 6.07) is 21.0. The molecule has 1 fully saturated rings. The summed E-state index contributed by atoms with van der Waals surface area (Å²) in [4.78, 5) is 28.3. The zero-order valence-corrected chi connectivity index (χ0v) is 24.2. The summed E-state index contributed by atoms with van der Waals surface area (Å²) in [6.07, 6.45) is 0.831. The summed E-state index contributed by atoms with van der Waals surface area (Å²) >= 11 is 8.68. The van der Waals surface area contributed by atoms with Crippen LogP contribution >= 0.6 is 34.7 Å². The van der Waals surface area contributed by atoms with E-state index in [2.05, 4.69) is 10.2 Å². The highest BCUT2D eigenvalue weighted by Gasteiger charge is 2.48. The highest BCUT2D eigenvalue weighted by molar-refractivity contribution is 8.00. The summed E-state index contributed by atoms with van der Waals surface area (Å²) in [5.74, 6) is -0.556. The molecule has 0 saturated carbocycles. The van der Waals surface area contributed by atoms with Crippen LogP contribution in [-0.4, -0.2) is 33.6 Å². The monoisotopic (exact) mass is 591 g/mol. The molecule has 0 bridgehead atoms. The molecule has 0 radical (unpaired) electrons. The van der Waals surface area contributed by atoms with Gasteiger partial charge in [0.05, 0.1) is 18.2 Å². The van der Waals surface area contributed by atoms with Gasteiger partial charge in [0, 0.05) is 16.3 Å². The van der Waals surface area contributed by atoms with Crippen molar-refractivity contribution in [3.63, 3.8) is 0 Å². The molecule has 1 aromatic heterocycles. The quantitative estimate of drug-likeness (QED) is 0.0723. The second-order valence-electron chi connectivity index (χ2n) is 9.22. The van der Waals surface area contributed by atoms with Gasteiger partial charge in [0.2, 0.25) is 5.13 Å². The van der Waals surface area contributed by atoms with Gasteiger partial charge in [-0.25, -0.2) is 0 Å². The fraction of sp³-hybridized carbons (Fsp3) is 0.200. The van der Waals surface area contributed by atoms with Crippen molar-refractivity contribution < 1.29 is 19.4 Å². The molecule has 3 aromatic carbocycles. The molecular formula is C30H26ClN3O4S2. The van der Waals surface area contributed by atoms with Crippen molar-refractivity contribution >= 4 is 57.3 Å². The van der Waals surface area contributed by atoms with Crippen molar-refractivity contribution in [3.05, 3.63) is 106 Å². The first-order valence-electron chi connectivity index (χ1n) is 12.7. The number of aromatic nitrogens is 2. The summed E-state index contributed by atoms with van der Waals surface area (Å²) < 4.78 is 6.47. The number of nitrogens with zero attached hydrogens (tertiary/aromatic N) is 3. The van der Waals surface area contributed by atoms with E-state index in [1.54, 1.807) is 24.3 Å². The Hall–Kier alpha value is -3.66. The smallest absolute Gasteiger partial charge is 0.301 e. The van der Waals surface area contributed by atoms with E-state index >= 15 is 0 Å². The number of hydrogen-bond donors (Lipinski definition) is 1. The Morgan fingerprint density at radius 2 is 1.82 bits per heavy atom. The van der Waals surface area contributed by atoms with Gasteiger partial charge in [-0.05, 0) is 48.7 Å². The third-order valence-corrected chi connectivity index (χ3v) is 8.67. The van der Waals surface area contributed by atoms with Crippen LogP contribution in [0.3, 0.4) is 0 Å². The SMILES string of the molecule is CCCOc1cccc(C2C(=C(O)c3ccc(C)cc3)C(=O)C(=O)N2c2nnc(SCc3ccc(Cl)cc3)s2)c1. The second-order valence-corrected chi connectivity index (χ2v) is 11.8. The Labute approximate surface area is 245 Å². The number of hydrogen-bond acceptors (Lipinski definition) is 8. The average molecular weight is 592 g/mol. The third-order valence-electron chi connectivity index (χ3n) is 6.29. The van der Waals surface area contributed by atoms with Crippen molar-refractivity contribution in [2.24, 2.45) is 0 Å². The van der Waals surface area contributed by atoms with Gasteiger partial charge >= 0.3 is 5.91 Å². The lowest BCUT2D eigenvalue weighted by atomic mass is 9.95. The molecule has 1 atom stereocenters. The number of Topliss-reactive ketones (excluding diaryl/α,β-unsaturated/α-hetero) is 1. The fourth-order valence-electron chi connectivity index (χ4n) is 4.29. The van der Waals surface area contributed by atoms with Crippen LogP contribution in [0.4, 0.5) is 5.13 Å². The maximum atomic E-state index is 13.5. The van der Waals surface area contributed by atoms with E-state index in [0.717, 1.165) is 17.5 Å². The van der Waals surface area contributed by atoms with Crippen molar-refractivity contribution in [1.82, 2.24) is 10.2 Å². The molecule has 5 rings (SSSR count). The summed E-state index contributed by atoms with van der Waals surface area (Å²) in [6.45, 7) is 4.47. The van der Waals surface area contributed by atoms with Gasteiger partial charge in [-0.3, -0.25) is 14.5 Å². The normalized spacial score (nSPS) is 16.5. The molecule has 1 saturated heterocycles. The maximum Gasteiger partial charge on any atom is 0.301 e. The van der Waals surface area contributed by atoms with Crippen LogP contribution in [-0.2, 0) is 15.3 Å². The number of aliphatic hydroxyl groups is 1. The van der Waals surface area contributed by atoms with E-state index in [1.165, 1.54) is 28.0 Å². The Balaban J connectivity index is 1.54. The zero-order valence-electron chi connectivity index (χ0n) is 21.8. The number of ether oxygens (including phenoxy) is 1. The van der Waals surface area contributed by atoms with E-state index in [9.17, 15) is 14.7 Å². The van der Waals surface area contributed by atoms with Crippen LogP contribution in [0.2, 0.25) is 5.02 Å². The zero-order chi connectivity index (χ0) is 28.2. The lowest BCUT2D eigenvalue weighted by Gasteiger charge is -2.23. The van der Waals surface area contributed by atoms with Gasteiger partial charge in [-0.15, -0.1) is 10.2 Å². The van der Waals surface area contributed by atoms with Gasteiger partial charge in [-0.1, -0.05) is 95.7 Å². The Bertz CT molecular complexity index is 1570. The van der Waals surface area contributed by atoms with Crippen molar-refractivity contribution in [2.45, 2.75) is 36.4 Å². The van der Waals surface area contributed by atoms with Gasteiger partial charge in [-0.2, -0.15) is 0 Å². The van der Waals surface area contributed by atoms with E-state index in [0.29, 0.717) is 38.6 Å². The van der Waals surface area contributed by atoms with Gasteiger partial charge in [0.15, 0.2) is 4.34 Å². The minimum Gasteiger partial charge on any atom is -0.507 e. The highest BCUT2D eigenvalue weighted by Crippen LogP contribution is 2.44. The predicted molar refractivity (Wildman–Crippen MR) is 159 cm³/mol. The molecule has 0 aliphatic carbocycles. The van der Waals surface area contributed by atoms with E-state index in [1.807, 2.05) is 62.4 Å². The molecule has 1 amide bonds. The number of carbonyl (C=O) groups is 2. The Morgan fingerprint density at radius 1 is 1.07 bits per heavy atom. The van der Waals surface area contributed by atoms with Gasteiger partial charge in [0.1, 0.15) is 11.5 Å². The number of rotatable bonds is 9. The number of amides is 1. The van der Waals surface area contributed by atoms with Crippen molar-refractivity contribution in [1.29, 1.82) is 0 Å². The number of halogens is 1. The number of benzene rings is 3. The predicted octanol–water partition coefficient (Wildman–Crippen LogP) is 7.21. The number of aliphatic hydroxyl groups excluding tert-OH is 1. The molecular weight excluding hydrogens is 566 g/mol. The minimum atomic E-state index is -0.909. The molecule has 7 nitrogen and oxygen atoms in total. The van der Waals surface area contributed by atoms with Crippen LogP contribution in [0.25, 0.3) is 5.76 Å². The number of ketones is 1. The molecule has 4 aromatic rings. The largest absolute Gasteiger partial charge is 0.507 e. The Kier molecular flexibility index (Phi) is 8.54. The standard InChI is InChI=1S/C30H26ClN3O4S2/c1-3-15-38-23-6-4-5-21(16-23)25-24(26(35)20-11-7-18(2)8-12-20)27(36)28(37)34(25)29-32-33-30(40-29)39-17-19-9-13-22(31)14-10-19/h4-14,16,25,35H,3,15,17H2,1-2H3. The maximum absolute atomic E-state index is 13.5. The fourth-order valence-corrected chi connectivity index (χ4v) is 6.24. The minimum absolute atomic E-state index is 0.00735. The van der Waals surface area contributed by atoms with E-state index in [4.69, 9.17) is 16.3 Å². The second kappa shape index (κ2) is 12.2. The summed E-state index contributed by atoms with van der Waals surface area (Å²) in [5, 5.41) is 20.8. The molecule has 1 aliphatic heterocycles. The molecule has 1 unspecified atom stereocenters. The molecule has 1 N–H and O–H groups in total. The number of thioether (sulfide) groups is 1. The van der Waals surface area contributed by atoms with Crippen molar-refractivity contribution in [2.75, 3.05) is 11.5 Å². The molecule has 2 heterocycles. The third kappa shape index (κ3) is 5.91. The number of carbonyl (C=O) groups excluding carboxylic acids is 2. The molecule has 1 aliphatic rings. The lowest BCUT2D eigenvalue weighted by molar-refractivity contribution is -0.132. The molecule has 40 heavy (non-hydrogen) atoms. The first-order valence-corrected chi connectivity index (χ1v) is 14.8. The van der Waals surface area contributed by atoms with Gasteiger partial charge in [0.25, 0.3) is 5.78 Å². The summed E-state index contributed by atoms with van der Waals surface area (Å²) in [7, 11) is 0. The summed E-state index contributed by atoms with van der Waals surface area (Å²) in [5.41, 5.74) is 3.13. The number of anilines is 1. The Morgan fingerprint density at radius 3 is 2.55 bits per heavy atom. The molecule has 10 heteroatoms. The van der Waals surface area contributed by atoms with Crippen LogP contribution in [0.5, 0.6) is 5.75 Å². The van der Waals surface area contributed by atoms with Crippen LogP contribution in [0.15, 0.2) is 82.7 Å². The lowest BCUT2D eigenvalue weighted by Crippen LogP contribution is -2.29. The topological polar surface area (TPSA) is 92.6 Å². The highest BCUT2D eigenvalue weighted by atomic mass is 35.5. The van der Waals surface area contributed by atoms with E-state index < -0.39 is 17.7 Å². The van der Waals surface area contributed by atoms with Crippen LogP contribution < -0.4 is 9.64 Å². The average Bonchev–Trinajstić information content (AvgIpc) is 3.53. The van der Waals surface area contributed by atoms with Gasteiger partial charge < -0.3 is 9.84 Å².